The number of benzene rings is 1. The highest BCUT2D eigenvalue weighted by Gasteiger charge is 2.44. The second kappa shape index (κ2) is 9.59. The Labute approximate surface area is 188 Å². The Morgan fingerprint density at radius 3 is 2.44 bits per heavy atom. The first kappa shape index (κ1) is 23.4. The highest BCUT2D eigenvalue weighted by atomic mass is 19.4. The first-order valence-corrected chi connectivity index (χ1v) is 11.8. The highest BCUT2D eigenvalue weighted by Crippen LogP contribution is 2.53. The van der Waals surface area contributed by atoms with Crippen LogP contribution in [0.2, 0.25) is 0 Å². The molecule has 2 aliphatic heterocycles. The summed E-state index contributed by atoms with van der Waals surface area (Å²) >= 11 is 0. The van der Waals surface area contributed by atoms with E-state index in [0.717, 1.165) is 44.6 Å². The number of likely N-dealkylation sites (tertiary alicyclic amines) is 1. The monoisotopic (exact) mass is 453 g/mol. The standard InChI is InChI=1S/C24H34F3N3O2/c25-24(26,27)19-3-1-4-20(17-19)29-12-6-22(32)30(16-15-29)21(18-31)5-2-11-28-13-9-23(7-8-23)10-14-28/h1,3-4,17,21,31H,2,5-16,18H2. The van der Waals surface area contributed by atoms with Crippen LogP contribution in [0, 0.1) is 5.41 Å². The average Bonchev–Trinajstić information content (AvgIpc) is 3.56. The Morgan fingerprint density at radius 1 is 1.03 bits per heavy atom. The fourth-order valence-corrected chi connectivity index (χ4v) is 5.19. The van der Waals surface area contributed by atoms with Gasteiger partial charge in [-0.15, -0.1) is 0 Å². The molecule has 8 heteroatoms. The summed E-state index contributed by atoms with van der Waals surface area (Å²) < 4.78 is 39.2. The van der Waals surface area contributed by atoms with Gasteiger partial charge in [0.05, 0.1) is 18.2 Å². The van der Waals surface area contributed by atoms with Crippen LogP contribution in [0.1, 0.15) is 50.5 Å². The van der Waals surface area contributed by atoms with Gasteiger partial charge in [-0.1, -0.05) is 6.07 Å². The Kier molecular flexibility index (Phi) is 7.00. The zero-order chi connectivity index (χ0) is 22.8. The van der Waals surface area contributed by atoms with Crippen LogP contribution in [0.15, 0.2) is 24.3 Å². The van der Waals surface area contributed by atoms with Crippen LogP contribution in [-0.4, -0.2) is 72.7 Å². The summed E-state index contributed by atoms with van der Waals surface area (Å²) in [4.78, 5) is 18.8. The lowest BCUT2D eigenvalue weighted by molar-refractivity contribution is -0.137. The van der Waals surface area contributed by atoms with Crippen LogP contribution >= 0.6 is 0 Å². The SMILES string of the molecule is O=C1CCN(c2cccc(C(F)(F)F)c2)CCN1C(CO)CCCN1CCC2(CC1)CC2. The van der Waals surface area contributed by atoms with Crippen molar-refractivity contribution in [2.75, 3.05) is 50.8 Å². The van der Waals surface area contributed by atoms with Crippen molar-refractivity contribution in [3.8, 4) is 0 Å². The number of anilines is 1. The van der Waals surface area contributed by atoms with Crippen LogP contribution in [0.5, 0.6) is 0 Å². The van der Waals surface area contributed by atoms with Crippen molar-refractivity contribution < 1.29 is 23.1 Å². The van der Waals surface area contributed by atoms with E-state index in [4.69, 9.17) is 0 Å². The number of amides is 1. The minimum atomic E-state index is -4.39. The molecule has 1 aromatic carbocycles. The molecule has 178 valence electrons. The third-order valence-corrected chi connectivity index (χ3v) is 7.60. The summed E-state index contributed by atoms with van der Waals surface area (Å²) in [6, 6.07) is 5.04. The molecular weight excluding hydrogens is 419 g/mol. The average molecular weight is 454 g/mol. The Hall–Kier alpha value is -1.80. The number of carbonyl (C=O) groups excluding carboxylic acids is 1. The molecule has 1 spiro atoms. The van der Waals surface area contributed by atoms with Gasteiger partial charge in [-0.05, 0) is 81.8 Å². The summed E-state index contributed by atoms with van der Waals surface area (Å²) in [7, 11) is 0. The molecule has 4 rings (SSSR count). The number of aliphatic hydroxyl groups is 1. The fraction of sp³-hybridized carbons (Fsp3) is 0.708. The summed E-state index contributed by atoms with van der Waals surface area (Å²) in [6.45, 7) is 4.45. The van der Waals surface area contributed by atoms with Gasteiger partial charge in [0.25, 0.3) is 0 Å². The first-order chi connectivity index (χ1) is 15.3. The fourth-order valence-electron chi connectivity index (χ4n) is 5.19. The van der Waals surface area contributed by atoms with Gasteiger partial charge in [0.2, 0.25) is 5.91 Å². The molecule has 5 nitrogen and oxygen atoms in total. The minimum Gasteiger partial charge on any atom is -0.394 e. The Morgan fingerprint density at radius 2 is 1.78 bits per heavy atom. The number of piperidine rings is 1. The first-order valence-electron chi connectivity index (χ1n) is 11.8. The summed E-state index contributed by atoms with van der Waals surface area (Å²) in [5.74, 6) is -0.0350. The molecular formula is C24H34F3N3O2. The van der Waals surface area contributed by atoms with E-state index in [9.17, 15) is 23.1 Å². The second-order valence-electron chi connectivity index (χ2n) is 9.69. The maximum atomic E-state index is 13.1. The molecule has 1 unspecified atom stereocenters. The van der Waals surface area contributed by atoms with Gasteiger partial charge in [-0.25, -0.2) is 0 Å². The predicted molar refractivity (Wildman–Crippen MR) is 117 cm³/mol. The van der Waals surface area contributed by atoms with E-state index in [0.29, 0.717) is 30.7 Å². The van der Waals surface area contributed by atoms with E-state index < -0.39 is 11.7 Å². The van der Waals surface area contributed by atoms with Gasteiger partial charge in [-0.2, -0.15) is 13.2 Å². The summed E-state index contributed by atoms with van der Waals surface area (Å²) in [5.41, 5.74) is 0.461. The molecule has 0 aromatic heterocycles. The molecule has 3 aliphatic rings. The van der Waals surface area contributed by atoms with E-state index in [-0.39, 0.29) is 25.0 Å². The maximum absolute atomic E-state index is 13.1. The van der Waals surface area contributed by atoms with Crippen LogP contribution in [-0.2, 0) is 11.0 Å². The molecule has 1 aromatic rings. The van der Waals surface area contributed by atoms with Crippen molar-refractivity contribution in [3.05, 3.63) is 29.8 Å². The Bertz CT molecular complexity index is 787. The van der Waals surface area contributed by atoms with Gasteiger partial charge in [-0.3, -0.25) is 4.79 Å². The number of halogens is 3. The molecule has 2 heterocycles. The van der Waals surface area contributed by atoms with Gasteiger partial charge in [0.1, 0.15) is 0 Å². The largest absolute Gasteiger partial charge is 0.416 e. The normalized spacial score (nSPS) is 22.8. The molecule has 32 heavy (non-hydrogen) atoms. The lowest BCUT2D eigenvalue weighted by Gasteiger charge is -2.33. The number of rotatable bonds is 7. The number of hydrogen-bond acceptors (Lipinski definition) is 4. The number of aliphatic hydroxyl groups excluding tert-OH is 1. The van der Waals surface area contributed by atoms with E-state index in [1.807, 2.05) is 4.90 Å². The molecule has 0 radical (unpaired) electrons. The third kappa shape index (κ3) is 5.57. The van der Waals surface area contributed by atoms with Crippen LogP contribution in [0.4, 0.5) is 18.9 Å². The van der Waals surface area contributed by atoms with Crippen molar-refractivity contribution in [1.29, 1.82) is 0 Å². The Balaban J connectivity index is 1.29. The predicted octanol–water partition coefficient (Wildman–Crippen LogP) is 3.76. The minimum absolute atomic E-state index is 0.0350. The third-order valence-electron chi connectivity index (χ3n) is 7.60. The van der Waals surface area contributed by atoms with Crippen LogP contribution in [0.25, 0.3) is 0 Å². The van der Waals surface area contributed by atoms with Crippen molar-refractivity contribution in [3.63, 3.8) is 0 Å². The summed E-state index contributed by atoms with van der Waals surface area (Å²) in [6.07, 6.45) is 2.90. The molecule has 2 saturated heterocycles. The molecule has 1 saturated carbocycles. The maximum Gasteiger partial charge on any atom is 0.416 e. The van der Waals surface area contributed by atoms with Gasteiger partial charge >= 0.3 is 6.18 Å². The van der Waals surface area contributed by atoms with E-state index in [2.05, 4.69) is 4.90 Å². The van der Waals surface area contributed by atoms with E-state index in [1.165, 1.54) is 31.7 Å². The van der Waals surface area contributed by atoms with Crippen LogP contribution < -0.4 is 4.90 Å². The lowest BCUT2D eigenvalue weighted by atomic mass is 9.93. The number of carbonyl (C=O) groups is 1. The zero-order valence-corrected chi connectivity index (χ0v) is 18.6. The molecule has 1 N–H and O–H groups in total. The van der Waals surface area contributed by atoms with Gasteiger partial charge in [0, 0.05) is 31.7 Å². The van der Waals surface area contributed by atoms with Crippen molar-refractivity contribution >= 4 is 11.6 Å². The zero-order valence-electron chi connectivity index (χ0n) is 18.6. The summed E-state index contributed by atoms with van der Waals surface area (Å²) in [5, 5.41) is 9.96. The van der Waals surface area contributed by atoms with Crippen molar-refractivity contribution in [2.45, 2.75) is 57.2 Å². The van der Waals surface area contributed by atoms with Gasteiger partial charge < -0.3 is 19.8 Å². The van der Waals surface area contributed by atoms with Crippen LogP contribution in [0.3, 0.4) is 0 Å². The highest BCUT2D eigenvalue weighted by molar-refractivity contribution is 5.78. The molecule has 1 atom stereocenters. The smallest absolute Gasteiger partial charge is 0.394 e. The molecule has 0 bridgehead atoms. The topological polar surface area (TPSA) is 47.0 Å². The molecule has 3 fully saturated rings. The van der Waals surface area contributed by atoms with Crippen molar-refractivity contribution in [2.24, 2.45) is 5.41 Å². The van der Waals surface area contributed by atoms with E-state index >= 15 is 0 Å². The quantitative estimate of drug-likeness (QED) is 0.683. The number of nitrogens with zero attached hydrogens (tertiary/aromatic N) is 3. The molecule has 1 amide bonds. The van der Waals surface area contributed by atoms with Crippen molar-refractivity contribution in [1.82, 2.24) is 9.80 Å². The molecule has 1 aliphatic carbocycles. The number of hydrogen-bond donors (Lipinski definition) is 1. The number of alkyl halides is 3. The second-order valence-corrected chi connectivity index (χ2v) is 9.69. The van der Waals surface area contributed by atoms with Gasteiger partial charge in [0.15, 0.2) is 0 Å². The lowest BCUT2D eigenvalue weighted by Crippen LogP contribution is -2.44. The van der Waals surface area contributed by atoms with E-state index in [1.54, 1.807) is 11.0 Å².